The Balaban J connectivity index is 1.71. The number of amides is 1. The number of anilines is 1. The number of carbonyl (C=O) groups excluding carboxylic acids is 3. The van der Waals surface area contributed by atoms with Crippen LogP contribution in [0.25, 0.3) is 0 Å². The van der Waals surface area contributed by atoms with Gasteiger partial charge >= 0.3 is 11.9 Å². The van der Waals surface area contributed by atoms with Gasteiger partial charge in [0.15, 0.2) is 6.61 Å². The molecular weight excluding hydrogens is 384 g/mol. The topological polar surface area (TPSA) is 108 Å². The first-order chi connectivity index (χ1) is 13.4. The molecule has 0 saturated heterocycles. The zero-order chi connectivity index (χ0) is 20.3. The summed E-state index contributed by atoms with van der Waals surface area (Å²) in [7, 11) is 0. The average Bonchev–Trinajstić information content (AvgIpc) is 3.19. The summed E-state index contributed by atoms with van der Waals surface area (Å²) in [4.78, 5) is 38.0. The molecule has 0 saturated carbocycles. The van der Waals surface area contributed by atoms with E-state index in [1.54, 1.807) is 20.8 Å². The number of ether oxygens (including phenoxy) is 2. The minimum atomic E-state index is -0.678. The van der Waals surface area contributed by atoms with Crippen LogP contribution in [0.4, 0.5) is 5.00 Å². The molecule has 1 N–H and O–H groups in total. The number of carbonyl (C=O) groups is 3. The highest BCUT2D eigenvalue weighted by atomic mass is 32.1. The van der Waals surface area contributed by atoms with E-state index in [2.05, 4.69) is 10.5 Å². The number of fused-ring (bicyclic) bond motifs is 1. The maximum absolute atomic E-state index is 12.4. The monoisotopic (exact) mass is 406 g/mol. The van der Waals surface area contributed by atoms with Gasteiger partial charge in [-0.15, -0.1) is 11.3 Å². The number of esters is 2. The lowest BCUT2D eigenvalue weighted by Gasteiger charge is -2.12. The number of aromatic nitrogens is 1. The van der Waals surface area contributed by atoms with Gasteiger partial charge in [-0.25, -0.2) is 9.59 Å². The quantitative estimate of drug-likeness (QED) is 0.734. The second-order valence-corrected chi connectivity index (χ2v) is 7.56. The highest BCUT2D eigenvalue weighted by molar-refractivity contribution is 7.17. The van der Waals surface area contributed by atoms with Gasteiger partial charge in [0.2, 0.25) is 0 Å². The first-order valence-corrected chi connectivity index (χ1v) is 9.95. The van der Waals surface area contributed by atoms with E-state index >= 15 is 0 Å². The summed E-state index contributed by atoms with van der Waals surface area (Å²) in [5.74, 6) is -1.31. The van der Waals surface area contributed by atoms with Gasteiger partial charge < -0.3 is 19.3 Å². The number of rotatable bonds is 6. The van der Waals surface area contributed by atoms with Gasteiger partial charge in [-0.05, 0) is 52.0 Å². The standard InChI is InChI=1S/C19H22N2O6S/c1-4-25-19(24)16-12-7-5-6-8-13(12)28-17(16)20-14(22)9-26-18(23)15-10(2)21-27-11(15)3/h4-9H2,1-3H3,(H,20,22). The molecule has 9 heteroatoms. The summed E-state index contributed by atoms with van der Waals surface area (Å²) in [6.07, 6.45) is 3.72. The lowest BCUT2D eigenvalue weighted by Crippen LogP contribution is -2.22. The van der Waals surface area contributed by atoms with Crippen LogP contribution < -0.4 is 5.32 Å². The van der Waals surface area contributed by atoms with Crippen LogP contribution in [0.15, 0.2) is 4.52 Å². The van der Waals surface area contributed by atoms with Crippen molar-refractivity contribution >= 4 is 34.2 Å². The minimum Gasteiger partial charge on any atom is -0.462 e. The molecular formula is C19H22N2O6S. The molecule has 0 radical (unpaired) electrons. The fraction of sp³-hybridized carbons (Fsp3) is 0.474. The predicted octanol–water partition coefficient (Wildman–Crippen LogP) is 3.20. The lowest BCUT2D eigenvalue weighted by atomic mass is 9.95. The molecule has 0 fully saturated rings. The van der Waals surface area contributed by atoms with E-state index in [4.69, 9.17) is 14.0 Å². The van der Waals surface area contributed by atoms with Crippen molar-refractivity contribution in [2.75, 3.05) is 18.5 Å². The van der Waals surface area contributed by atoms with Gasteiger partial charge in [-0.1, -0.05) is 5.16 Å². The van der Waals surface area contributed by atoms with E-state index in [1.165, 1.54) is 11.3 Å². The molecule has 1 amide bonds. The summed E-state index contributed by atoms with van der Waals surface area (Å²) in [6, 6.07) is 0. The molecule has 1 aliphatic rings. The highest BCUT2D eigenvalue weighted by Crippen LogP contribution is 2.38. The number of nitrogens with one attached hydrogen (secondary N) is 1. The Kier molecular flexibility index (Phi) is 6.13. The van der Waals surface area contributed by atoms with E-state index in [0.717, 1.165) is 36.1 Å². The molecule has 1 aliphatic carbocycles. The van der Waals surface area contributed by atoms with Crippen molar-refractivity contribution in [3.8, 4) is 0 Å². The third-order valence-corrected chi connectivity index (χ3v) is 5.68. The van der Waals surface area contributed by atoms with Gasteiger partial charge in [0.1, 0.15) is 16.3 Å². The minimum absolute atomic E-state index is 0.214. The third-order valence-electron chi connectivity index (χ3n) is 4.48. The molecule has 150 valence electrons. The van der Waals surface area contributed by atoms with Gasteiger partial charge in [0, 0.05) is 4.88 Å². The smallest absolute Gasteiger partial charge is 0.344 e. The second-order valence-electron chi connectivity index (χ2n) is 6.46. The van der Waals surface area contributed by atoms with Gasteiger partial charge in [0.25, 0.3) is 5.91 Å². The zero-order valence-corrected chi connectivity index (χ0v) is 16.9. The first kappa shape index (κ1) is 20.1. The Morgan fingerprint density at radius 1 is 1.11 bits per heavy atom. The molecule has 8 nitrogen and oxygen atoms in total. The number of aryl methyl sites for hydroxylation is 3. The molecule has 0 unspecified atom stereocenters. The molecule has 0 aromatic carbocycles. The molecule has 2 aromatic heterocycles. The summed E-state index contributed by atoms with van der Waals surface area (Å²) >= 11 is 1.38. The Labute approximate surface area is 166 Å². The SMILES string of the molecule is CCOC(=O)c1c(NC(=O)COC(=O)c2c(C)noc2C)sc2c1CCCC2. The van der Waals surface area contributed by atoms with Crippen LogP contribution in [-0.2, 0) is 27.1 Å². The van der Waals surface area contributed by atoms with Crippen molar-refractivity contribution < 1.29 is 28.4 Å². The van der Waals surface area contributed by atoms with Crippen molar-refractivity contribution in [3.63, 3.8) is 0 Å². The van der Waals surface area contributed by atoms with Gasteiger partial charge in [-0.2, -0.15) is 0 Å². The van der Waals surface area contributed by atoms with Crippen LogP contribution in [0.5, 0.6) is 0 Å². The zero-order valence-electron chi connectivity index (χ0n) is 16.0. The van der Waals surface area contributed by atoms with Crippen LogP contribution in [-0.4, -0.2) is 36.2 Å². The lowest BCUT2D eigenvalue weighted by molar-refractivity contribution is -0.119. The molecule has 3 rings (SSSR count). The van der Waals surface area contributed by atoms with Gasteiger partial charge in [-0.3, -0.25) is 4.79 Å². The molecule has 2 aromatic rings. The Bertz CT molecular complexity index is 894. The third kappa shape index (κ3) is 4.09. The van der Waals surface area contributed by atoms with Gasteiger partial charge in [0.05, 0.1) is 17.9 Å². The Hall–Kier alpha value is -2.68. The van der Waals surface area contributed by atoms with Crippen LogP contribution >= 0.6 is 11.3 Å². The normalized spacial score (nSPS) is 13.0. The van der Waals surface area contributed by atoms with Crippen molar-refractivity contribution in [1.82, 2.24) is 5.16 Å². The van der Waals surface area contributed by atoms with Crippen LogP contribution in [0.1, 0.15) is 62.4 Å². The van der Waals surface area contributed by atoms with E-state index in [9.17, 15) is 14.4 Å². The first-order valence-electron chi connectivity index (χ1n) is 9.13. The maximum Gasteiger partial charge on any atom is 0.344 e. The molecule has 0 aliphatic heterocycles. The summed E-state index contributed by atoms with van der Waals surface area (Å²) in [5, 5.41) is 6.84. The molecule has 2 heterocycles. The van der Waals surface area contributed by atoms with E-state index < -0.39 is 24.5 Å². The number of hydrogen-bond donors (Lipinski definition) is 1. The highest BCUT2D eigenvalue weighted by Gasteiger charge is 2.27. The van der Waals surface area contributed by atoms with Crippen LogP contribution in [0.2, 0.25) is 0 Å². The maximum atomic E-state index is 12.4. The Morgan fingerprint density at radius 2 is 1.82 bits per heavy atom. The van der Waals surface area contributed by atoms with Crippen molar-refractivity contribution in [2.45, 2.75) is 46.5 Å². The molecule has 0 bridgehead atoms. The fourth-order valence-corrected chi connectivity index (χ4v) is 4.51. The van der Waals surface area contributed by atoms with Crippen molar-refractivity contribution in [1.29, 1.82) is 0 Å². The number of nitrogens with zero attached hydrogens (tertiary/aromatic N) is 1. The largest absolute Gasteiger partial charge is 0.462 e. The summed E-state index contributed by atoms with van der Waals surface area (Å²) < 4.78 is 15.2. The number of thiophene rings is 1. The summed E-state index contributed by atoms with van der Waals surface area (Å²) in [6.45, 7) is 4.73. The second kappa shape index (κ2) is 8.55. The van der Waals surface area contributed by atoms with E-state index in [1.807, 2.05) is 0 Å². The predicted molar refractivity (Wildman–Crippen MR) is 102 cm³/mol. The van der Waals surface area contributed by atoms with E-state index in [-0.39, 0.29) is 12.2 Å². The molecule has 0 atom stereocenters. The molecule has 0 spiro atoms. The van der Waals surface area contributed by atoms with Crippen molar-refractivity contribution in [2.24, 2.45) is 0 Å². The number of hydrogen-bond acceptors (Lipinski definition) is 8. The van der Waals surface area contributed by atoms with E-state index in [0.29, 0.717) is 22.0 Å². The average molecular weight is 406 g/mol. The summed E-state index contributed by atoms with van der Waals surface area (Å²) in [5.41, 5.74) is 2.00. The van der Waals surface area contributed by atoms with Crippen LogP contribution in [0.3, 0.4) is 0 Å². The van der Waals surface area contributed by atoms with Crippen molar-refractivity contribution in [3.05, 3.63) is 33.0 Å². The molecule has 28 heavy (non-hydrogen) atoms. The Morgan fingerprint density at radius 3 is 2.50 bits per heavy atom. The van der Waals surface area contributed by atoms with Crippen LogP contribution in [0, 0.1) is 13.8 Å². The fourth-order valence-electron chi connectivity index (χ4n) is 3.21.